The van der Waals surface area contributed by atoms with Crippen molar-refractivity contribution >= 4 is 5.78 Å². The van der Waals surface area contributed by atoms with Crippen LogP contribution in [-0.4, -0.2) is 28.2 Å². The highest BCUT2D eigenvalue weighted by Crippen LogP contribution is 2.65. The number of aliphatic hydroxyl groups is 2. The average Bonchev–Trinajstić information content (AvgIpc) is 2.75. The van der Waals surface area contributed by atoms with Crippen LogP contribution in [0.25, 0.3) is 0 Å². The van der Waals surface area contributed by atoms with Crippen molar-refractivity contribution in [1.82, 2.24) is 0 Å². The van der Waals surface area contributed by atoms with Crippen LogP contribution >= 0.6 is 0 Å². The molecule has 22 heavy (non-hydrogen) atoms. The fraction of sp³-hybridized carbons (Fsp3) is 0.842. The van der Waals surface area contributed by atoms with Crippen LogP contribution in [0.5, 0.6) is 0 Å². The molecular weight excluding hydrogens is 276 g/mol. The third-order valence-corrected chi connectivity index (χ3v) is 7.84. The van der Waals surface area contributed by atoms with Gasteiger partial charge in [-0.15, -0.1) is 0 Å². The van der Waals surface area contributed by atoms with E-state index >= 15 is 0 Å². The van der Waals surface area contributed by atoms with Gasteiger partial charge in [0.15, 0.2) is 5.78 Å². The molecule has 0 aliphatic heterocycles. The topological polar surface area (TPSA) is 57.5 Å². The number of hydrogen-bond donors (Lipinski definition) is 2. The van der Waals surface area contributed by atoms with Crippen molar-refractivity contribution in [2.75, 3.05) is 0 Å². The number of fused-ring (bicyclic) bond motifs is 5. The zero-order valence-corrected chi connectivity index (χ0v) is 13.7. The first kappa shape index (κ1) is 14.9. The van der Waals surface area contributed by atoms with Gasteiger partial charge >= 0.3 is 0 Å². The van der Waals surface area contributed by atoms with Crippen molar-refractivity contribution in [1.29, 1.82) is 0 Å². The summed E-state index contributed by atoms with van der Waals surface area (Å²) in [5, 5.41) is 21.4. The Kier molecular flexibility index (Phi) is 3.16. The van der Waals surface area contributed by atoms with Crippen molar-refractivity contribution in [2.45, 2.75) is 71.0 Å². The summed E-state index contributed by atoms with van der Waals surface area (Å²) in [5.41, 5.74) is 1.17. The van der Waals surface area contributed by atoms with E-state index in [1.165, 1.54) is 5.57 Å². The van der Waals surface area contributed by atoms with Crippen LogP contribution in [-0.2, 0) is 4.79 Å². The molecule has 0 saturated heterocycles. The van der Waals surface area contributed by atoms with Gasteiger partial charge in [-0.2, -0.15) is 0 Å². The Labute approximate surface area is 132 Å². The van der Waals surface area contributed by atoms with Gasteiger partial charge < -0.3 is 10.2 Å². The SMILES string of the molecule is C[C@]12CCC(=O)C=C1CCC1C2C(O)C[C@@]2(C)C1CC[C@@H]2O. The molecule has 0 bridgehead atoms. The lowest BCUT2D eigenvalue weighted by Gasteiger charge is -2.59. The maximum Gasteiger partial charge on any atom is 0.155 e. The molecule has 0 amide bonds. The fourth-order valence-corrected chi connectivity index (χ4v) is 6.66. The van der Waals surface area contributed by atoms with Crippen LogP contribution < -0.4 is 0 Å². The molecule has 4 rings (SSSR count). The first-order valence-corrected chi connectivity index (χ1v) is 8.96. The second-order valence-electron chi connectivity index (χ2n) is 8.76. The largest absolute Gasteiger partial charge is 0.393 e. The lowest BCUT2D eigenvalue weighted by molar-refractivity contribution is -0.142. The van der Waals surface area contributed by atoms with Gasteiger partial charge in [0.25, 0.3) is 0 Å². The molecular formula is C19H28O3. The van der Waals surface area contributed by atoms with Gasteiger partial charge in [0.1, 0.15) is 0 Å². The third kappa shape index (κ3) is 1.78. The Morgan fingerprint density at radius 2 is 1.91 bits per heavy atom. The lowest BCUT2D eigenvalue weighted by Crippen LogP contribution is -2.57. The minimum absolute atomic E-state index is 0.00881. The summed E-state index contributed by atoms with van der Waals surface area (Å²) < 4.78 is 0. The average molecular weight is 304 g/mol. The fourth-order valence-electron chi connectivity index (χ4n) is 6.66. The Bertz CT molecular complexity index is 539. The molecule has 3 saturated carbocycles. The second-order valence-corrected chi connectivity index (χ2v) is 8.76. The van der Waals surface area contributed by atoms with Crippen LogP contribution in [0.1, 0.15) is 58.8 Å². The molecule has 4 unspecified atom stereocenters. The third-order valence-electron chi connectivity index (χ3n) is 7.84. The first-order chi connectivity index (χ1) is 10.4. The van der Waals surface area contributed by atoms with Crippen LogP contribution in [0.3, 0.4) is 0 Å². The zero-order valence-electron chi connectivity index (χ0n) is 13.7. The van der Waals surface area contributed by atoms with E-state index in [4.69, 9.17) is 0 Å². The predicted octanol–water partition coefficient (Wildman–Crippen LogP) is 2.85. The Morgan fingerprint density at radius 3 is 2.68 bits per heavy atom. The zero-order chi connectivity index (χ0) is 15.7. The summed E-state index contributed by atoms with van der Waals surface area (Å²) in [6.45, 7) is 4.46. The van der Waals surface area contributed by atoms with E-state index in [1.807, 2.05) is 6.08 Å². The Hall–Kier alpha value is -0.670. The van der Waals surface area contributed by atoms with Gasteiger partial charge in [-0.1, -0.05) is 19.4 Å². The molecule has 0 spiro atoms. The first-order valence-electron chi connectivity index (χ1n) is 8.96. The molecule has 0 aromatic heterocycles. The van der Waals surface area contributed by atoms with Crippen LogP contribution in [0.4, 0.5) is 0 Å². The van der Waals surface area contributed by atoms with E-state index in [2.05, 4.69) is 13.8 Å². The molecule has 3 nitrogen and oxygen atoms in total. The molecule has 2 N–H and O–H groups in total. The van der Waals surface area contributed by atoms with E-state index in [1.54, 1.807) is 0 Å². The number of ketones is 1. The molecule has 4 aliphatic carbocycles. The standard InChI is InChI=1S/C19H28O3/c1-18-8-7-12(20)9-11(18)3-4-13-14-5-6-16(22)19(14,2)10-15(21)17(13)18/h9,13-17,21-22H,3-8,10H2,1-2H3/t13?,14?,15?,16-,17?,18-,19-/m0/s1. The van der Waals surface area contributed by atoms with Gasteiger partial charge in [0.05, 0.1) is 12.2 Å². The van der Waals surface area contributed by atoms with Crippen molar-refractivity contribution in [3.8, 4) is 0 Å². The number of rotatable bonds is 0. The highest BCUT2D eigenvalue weighted by molar-refractivity contribution is 5.91. The quantitative estimate of drug-likeness (QED) is 0.723. The Balaban J connectivity index is 1.74. The summed E-state index contributed by atoms with van der Waals surface area (Å²) in [6.07, 6.45) is 7.56. The summed E-state index contributed by atoms with van der Waals surface area (Å²) in [6, 6.07) is 0. The van der Waals surface area contributed by atoms with E-state index < -0.39 is 0 Å². The van der Waals surface area contributed by atoms with Gasteiger partial charge in [0.2, 0.25) is 0 Å². The number of hydrogen-bond acceptors (Lipinski definition) is 3. The second kappa shape index (κ2) is 4.67. The maximum absolute atomic E-state index is 11.8. The van der Waals surface area contributed by atoms with Gasteiger partial charge in [0, 0.05) is 6.42 Å². The van der Waals surface area contributed by atoms with Gasteiger partial charge in [-0.05, 0) is 73.2 Å². The van der Waals surface area contributed by atoms with Crippen LogP contribution in [0.15, 0.2) is 11.6 Å². The summed E-state index contributed by atoms with van der Waals surface area (Å²) in [7, 11) is 0. The van der Waals surface area contributed by atoms with Gasteiger partial charge in [-0.3, -0.25) is 4.79 Å². The lowest BCUT2D eigenvalue weighted by atomic mass is 9.46. The minimum Gasteiger partial charge on any atom is -0.393 e. The summed E-state index contributed by atoms with van der Waals surface area (Å²) in [4.78, 5) is 11.8. The van der Waals surface area contributed by atoms with Crippen molar-refractivity contribution in [3.05, 3.63) is 11.6 Å². The summed E-state index contributed by atoms with van der Waals surface area (Å²) in [5.74, 6) is 1.56. The van der Waals surface area contributed by atoms with E-state index in [9.17, 15) is 15.0 Å². The molecule has 0 aromatic carbocycles. The Morgan fingerprint density at radius 1 is 1.14 bits per heavy atom. The molecule has 122 valence electrons. The predicted molar refractivity (Wildman–Crippen MR) is 84.1 cm³/mol. The highest BCUT2D eigenvalue weighted by Gasteiger charge is 2.61. The minimum atomic E-state index is -0.346. The van der Waals surface area contributed by atoms with E-state index in [0.717, 1.165) is 38.5 Å². The molecule has 3 fully saturated rings. The number of carbonyl (C=O) groups excluding carboxylic acids is 1. The number of carbonyl (C=O) groups is 1. The molecule has 4 aliphatic rings. The molecule has 7 atom stereocenters. The van der Waals surface area contributed by atoms with E-state index in [0.29, 0.717) is 18.3 Å². The molecule has 3 heteroatoms. The highest BCUT2D eigenvalue weighted by atomic mass is 16.3. The van der Waals surface area contributed by atoms with Crippen LogP contribution in [0, 0.1) is 28.6 Å². The maximum atomic E-state index is 11.8. The van der Waals surface area contributed by atoms with Gasteiger partial charge in [-0.25, -0.2) is 0 Å². The molecule has 0 aromatic rings. The monoisotopic (exact) mass is 304 g/mol. The van der Waals surface area contributed by atoms with Crippen LogP contribution in [0.2, 0.25) is 0 Å². The normalized spacial score (nSPS) is 54.3. The van der Waals surface area contributed by atoms with Crippen molar-refractivity contribution in [3.63, 3.8) is 0 Å². The number of allylic oxidation sites excluding steroid dienone is 1. The molecule has 0 heterocycles. The van der Waals surface area contributed by atoms with Crippen molar-refractivity contribution < 1.29 is 15.0 Å². The smallest absolute Gasteiger partial charge is 0.155 e. The summed E-state index contributed by atoms with van der Waals surface area (Å²) >= 11 is 0. The molecule has 0 radical (unpaired) electrons. The van der Waals surface area contributed by atoms with Crippen molar-refractivity contribution in [2.24, 2.45) is 28.6 Å². The number of aliphatic hydroxyl groups excluding tert-OH is 2. The van der Waals surface area contributed by atoms with E-state index in [-0.39, 0.29) is 34.7 Å².